The zero-order chi connectivity index (χ0) is 10.6. The molecule has 1 heterocycles. The van der Waals surface area contributed by atoms with Crippen LogP contribution in [-0.2, 0) is 0 Å². The second-order valence-corrected chi connectivity index (χ2v) is 3.86. The fraction of sp³-hybridized carbons (Fsp3) is 0.400. The summed E-state index contributed by atoms with van der Waals surface area (Å²) in [5.74, 6) is 0.538. The Balaban J connectivity index is 2.94. The van der Waals surface area contributed by atoms with E-state index in [9.17, 15) is 0 Å². The Bertz CT molecular complexity index is 360. The molecule has 0 bridgehead atoms. The van der Waals surface area contributed by atoms with Crippen LogP contribution in [0.5, 0.6) is 5.75 Å². The van der Waals surface area contributed by atoms with E-state index in [0.29, 0.717) is 11.4 Å². The lowest BCUT2D eigenvalue weighted by Gasteiger charge is -2.13. The van der Waals surface area contributed by atoms with Crippen molar-refractivity contribution in [1.82, 2.24) is 4.98 Å². The second-order valence-electron chi connectivity index (χ2n) is 2.95. The molecule has 0 aliphatic rings. The van der Waals surface area contributed by atoms with Gasteiger partial charge in [0.1, 0.15) is 6.07 Å². The summed E-state index contributed by atoms with van der Waals surface area (Å²) in [6, 6.07) is 3.76. The number of halogens is 1. The highest BCUT2D eigenvalue weighted by atomic mass is 79.9. The van der Waals surface area contributed by atoms with Crippen LogP contribution >= 0.6 is 15.9 Å². The lowest BCUT2D eigenvalue weighted by Crippen LogP contribution is -2.11. The number of nitrogens with zero attached hydrogens (tertiary/aromatic N) is 2. The highest BCUT2D eigenvalue weighted by Crippen LogP contribution is 2.22. The number of rotatable bonds is 3. The normalized spacial score (nSPS) is 11.9. The van der Waals surface area contributed by atoms with Crippen molar-refractivity contribution in [2.45, 2.75) is 26.4 Å². The van der Waals surface area contributed by atoms with Crippen molar-refractivity contribution in [3.63, 3.8) is 0 Å². The number of aromatic nitrogens is 1. The Morgan fingerprint density at radius 2 is 2.43 bits per heavy atom. The quantitative estimate of drug-likeness (QED) is 0.834. The number of hydrogen-bond acceptors (Lipinski definition) is 3. The van der Waals surface area contributed by atoms with Crippen LogP contribution in [0, 0.1) is 11.3 Å². The smallest absolute Gasteiger partial charge is 0.182 e. The average Bonchev–Trinajstić information content (AvgIpc) is 2.18. The molecule has 4 heteroatoms. The lowest BCUT2D eigenvalue weighted by atomic mass is 10.3. The maximum absolute atomic E-state index is 8.79. The molecule has 0 aromatic carbocycles. The van der Waals surface area contributed by atoms with E-state index < -0.39 is 0 Å². The highest BCUT2D eigenvalue weighted by molar-refractivity contribution is 9.10. The van der Waals surface area contributed by atoms with Gasteiger partial charge >= 0.3 is 0 Å². The van der Waals surface area contributed by atoms with Crippen molar-refractivity contribution >= 4 is 15.9 Å². The molecule has 1 aromatic rings. The van der Waals surface area contributed by atoms with Gasteiger partial charge in [-0.3, -0.25) is 0 Å². The summed E-state index contributed by atoms with van der Waals surface area (Å²) in [5, 5.41) is 8.79. The second kappa shape index (κ2) is 4.97. The van der Waals surface area contributed by atoms with Crippen LogP contribution < -0.4 is 4.74 Å². The highest BCUT2D eigenvalue weighted by Gasteiger charge is 2.08. The van der Waals surface area contributed by atoms with Crippen LogP contribution in [-0.4, -0.2) is 11.1 Å². The summed E-state index contributed by atoms with van der Waals surface area (Å²) >= 11 is 3.29. The molecule has 0 aliphatic heterocycles. The monoisotopic (exact) mass is 254 g/mol. The van der Waals surface area contributed by atoms with Crippen LogP contribution in [0.2, 0.25) is 0 Å². The van der Waals surface area contributed by atoms with Crippen LogP contribution in [0.15, 0.2) is 16.7 Å². The molecule has 1 aromatic heterocycles. The zero-order valence-corrected chi connectivity index (χ0v) is 9.71. The summed E-state index contributed by atoms with van der Waals surface area (Å²) in [6.45, 7) is 3.99. The van der Waals surface area contributed by atoms with Crippen LogP contribution in [0.4, 0.5) is 0 Å². The van der Waals surface area contributed by atoms with Gasteiger partial charge in [0.05, 0.1) is 6.10 Å². The topological polar surface area (TPSA) is 45.9 Å². The molecule has 0 fully saturated rings. The van der Waals surface area contributed by atoms with E-state index in [-0.39, 0.29) is 6.10 Å². The fourth-order valence-electron chi connectivity index (χ4n) is 0.895. The maximum Gasteiger partial charge on any atom is 0.182 e. The Kier molecular flexibility index (Phi) is 3.90. The third-order valence-electron chi connectivity index (χ3n) is 1.83. The van der Waals surface area contributed by atoms with Crippen molar-refractivity contribution in [2.24, 2.45) is 0 Å². The minimum Gasteiger partial charge on any atom is -0.488 e. The van der Waals surface area contributed by atoms with Gasteiger partial charge in [0.15, 0.2) is 11.4 Å². The predicted molar refractivity (Wildman–Crippen MR) is 57.0 cm³/mol. The molecule has 74 valence electrons. The minimum atomic E-state index is 0.0956. The number of hydrogen-bond donors (Lipinski definition) is 0. The molecular formula is C10H11BrN2O. The summed E-state index contributed by atoms with van der Waals surface area (Å²) in [6.07, 6.45) is 2.58. The van der Waals surface area contributed by atoms with Crippen molar-refractivity contribution in [3.05, 3.63) is 22.4 Å². The van der Waals surface area contributed by atoms with Gasteiger partial charge in [0.25, 0.3) is 0 Å². The molecule has 1 atom stereocenters. The van der Waals surface area contributed by atoms with Gasteiger partial charge in [0.2, 0.25) is 0 Å². The van der Waals surface area contributed by atoms with E-state index in [0.717, 1.165) is 10.9 Å². The van der Waals surface area contributed by atoms with Crippen molar-refractivity contribution in [3.8, 4) is 11.8 Å². The van der Waals surface area contributed by atoms with Crippen LogP contribution in [0.3, 0.4) is 0 Å². The first-order valence-electron chi connectivity index (χ1n) is 4.39. The molecule has 0 N–H and O–H groups in total. The first kappa shape index (κ1) is 11.0. The third kappa shape index (κ3) is 2.71. The van der Waals surface area contributed by atoms with E-state index in [2.05, 4.69) is 20.9 Å². The average molecular weight is 255 g/mol. The lowest BCUT2D eigenvalue weighted by molar-refractivity contribution is 0.216. The molecule has 0 amide bonds. The van der Waals surface area contributed by atoms with Crippen LogP contribution in [0.1, 0.15) is 26.0 Å². The molecule has 0 aliphatic carbocycles. The largest absolute Gasteiger partial charge is 0.488 e. The fourth-order valence-corrected chi connectivity index (χ4v) is 1.20. The Hall–Kier alpha value is -1.08. The standard InChI is InChI=1S/C10H11BrN2O/c1-3-7(2)14-10-4-8(11)6-13-9(10)5-12/h4,6-7H,3H2,1-2H3. The van der Waals surface area contributed by atoms with Gasteiger partial charge in [-0.05, 0) is 35.3 Å². The number of ether oxygens (including phenoxy) is 1. The number of nitriles is 1. The molecule has 14 heavy (non-hydrogen) atoms. The van der Waals surface area contributed by atoms with E-state index in [1.807, 2.05) is 19.9 Å². The van der Waals surface area contributed by atoms with E-state index >= 15 is 0 Å². The third-order valence-corrected chi connectivity index (χ3v) is 2.26. The Morgan fingerprint density at radius 1 is 1.71 bits per heavy atom. The summed E-state index contributed by atoms with van der Waals surface area (Å²) in [7, 11) is 0. The van der Waals surface area contributed by atoms with Gasteiger partial charge in [-0.15, -0.1) is 0 Å². The Morgan fingerprint density at radius 3 is 3.00 bits per heavy atom. The predicted octanol–water partition coefficient (Wildman–Crippen LogP) is 2.89. The minimum absolute atomic E-state index is 0.0956. The van der Waals surface area contributed by atoms with Crippen molar-refractivity contribution in [1.29, 1.82) is 5.26 Å². The first-order chi connectivity index (χ1) is 6.67. The molecule has 1 rings (SSSR count). The van der Waals surface area contributed by atoms with E-state index in [1.54, 1.807) is 12.3 Å². The van der Waals surface area contributed by atoms with Gasteiger partial charge < -0.3 is 4.74 Å². The first-order valence-corrected chi connectivity index (χ1v) is 5.19. The molecule has 0 saturated heterocycles. The van der Waals surface area contributed by atoms with Crippen molar-refractivity contribution in [2.75, 3.05) is 0 Å². The molecule has 0 radical (unpaired) electrons. The molecule has 0 spiro atoms. The van der Waals surface area contributed by atoms with E-state index in [1.165, 1.54) is 0 Å². The van der Waals surface area contributed by atoms with E-state index in [4.69, 9.17) is 10.00 Å². The Labute approximate surface area is 91.8 Å². The van der Waals surface area contributed by atoms with Gasteiger partial charge in [-0.2, -0.15) is 5.26 Å². The maximum atomic E-state index is 8.79. The van der Waals surface area contributed by atoms with Crippen molar-refractivity contribution < 1.29 is 4.74 Å². The van der Waals surface area contributed by atoms with Gasteiger partial charge in [-0.25, -0.2) is 4.98 Å². The summed E-state index contributed by atoms with van der Waals surface area (Å²) in [5.41, 5.74) is 0.327. The molecule has 0 saturated carbocycles. The van der Waals surface area contributed by atoms with Gasteiger partial charge in [0, 0.05) is 10.7 Å². The number of pyridine rings is 1. The summed E-state index contributed by atoms with van der Waals surface area (Å²) in [4.78, 5) is 3.95. The molecular weight excluding hydrogens is 244 g/mol. The zero-order valence-electron chi connectivity index (χ0n) is 8.12. The van der Waals surface area contributed by atoms with Crippen LogP contribution in [0.25, 0.3) is 0 Å². The molecule has 3 nitrogen and oxygen atoms in total. The van der Waals surface area contributed by atoms with Gasteiger partial charge in [-0.1, -0.05) is 6.92 Å². The molecule has 1 unspecified atom stereocenters. The SMILES string of the molecule is CCC(C)Oc1cc(Br)cnc1C#N. The summed E-state index contributed by atoms with van der Waals surface area (Å²) < 4.78 is 6.37.